The Hall–Kier alpha value is -2.59. The molecule has 2 fully saturated rings. The van der Waals surface area contributed by atoms with Crippen LogP contribution in [-0.2, 0) is 4.74 Å². The predicted molar refractivity (Wildman–Crippen MR) is 99.4 cm³/mol. The molecule has 2 aromatic carbocycles. The molecule has 1 aliphatic heterocycles. The van der Waals surface area contributed by atoms with E-state index in [1.165, 1.54) is 0 Å². The van der Waals surface area contributed by atoms with Gasteiger partial charge in [-0.3, -0.25) is 4.90 Å². The molecule has 0 spiro atoms. The Labute approximate surface area is 153 Å². The average Bonchev–Trinajstić information content (AvgIpc) is 3.03. The van der Waals surface area contributed by atoms with E-state index in [9.17, 15) is 9.90 Å². The highest BCUT2D eigenvalue weighted by molar-refractivity contribution is 5.72. The second-order valence-corrected chi connectivity index (χ2v) is 7.23. The Morgan fingerprint density at radius 3 is 2.23 bits per heavy atom. The van der Waals surface area contributed by atoms with Crippen molar-refractivity contribution in [2.45, 2.75) is 37.1 Å². The molecule has 2 aromatic rings. The normalized spacial score (nSPS) is 33.5. The van der Waals surface area contributed by atoms with Crippen LogP contribution in [0.4, 0.5) is 4.79 Å². The van der Waals surface area contributed by atoms with Crippen molar-refractivity contribution < 1.29 is 14.6 Å². The molecule has 5 atom stereocenters. The maximum atomic E-state index is 12.8. The second-order valence-electron chi connectivity index (χ2n) is 7.23. The third-order valence-corrected chi connectivity index (χ3v) is 5.91. The first-order valence-corrected chi connectivity index (χ1v) is 9.00. The van der Waals surface area contributed by atoms with Gasteiger partial charge in [-0.15, -0.1) is 6.58 Å². The Morgan fingerprint density at radius 1 is 1.12 bits per heavy atom. The van der Waals surface area contributed by atoms with E-state index < -0.39 is 5.60 Å². The van der Waals surface area contributed by atoms with E-state index in [4.69, 9.17) is 4.74 Å². The van der Waals surface area contributed by atoms with Gasteiger partial charge in [-0.05, 0) is 11.1 Å². The van der Waals surface area contributed by atoms with E-state index in [0.717, 1.165) is 11.1 Å². The first-order valence-electron chi connectivity index (χ1n) is 9.00. The average molecular weight is 349 g/mol. The van der Waals surface area contributed by atoms with Gasteiger partial charge in [-0.1, -0.05) is 73.7 Å². The number of hydrogen-bond acceptors (Lipinski definition) is 3. The SMILES string of the molecule is C=C[C@@]1(O)C[C@H](N2C(=O)O[C@H](c3ccccc3)[C@@H]2c2ccccc2)[C@H]1C. The van der Waals surface area contributed by atoms with E-state index >= 15 is 0 Å². The van der Waals surface area contributed by atoms with Gasteiger partial charge >= 0.3 is 6.09 Å². The molecule has 1 N–H and O–H groups in total. The number of carbonyl (C=O) groups is 1. The van der Waals surface area contributed by atoms with Crippen LogP contribution in [0.15, 0.2) is 73.3 Å². The lowest BCUT2D eigenvalue weighted by Gasteiger charge is -2.52. The molecule has 1 amide bonds. The monoisotopic (exact) mass is 349 g/mol. The van der Waals surface area contributed by atoms with Crippen LogP contribution in [0.1, 0.15) is 36.6 Å². The van der Waals surface area contributed by atoms with Crippen molar-refractivity contribution in [2.75, 3.05) is 0 Å². The van der Waals surface area contributed by atoms with Gasteiger partial charge < -0.3 is 9.84 Å². The van der Waals surface area contributed by atoms with E-state index in [2.05, 4.69) is 6.58 Å². The fraction of sp³-hybridized carbons (Fsp3) is 0.318. The Bertz CT molecular complexity index is 807. The zero-order valence-corrected chi connectivity index (χ0v) is 14.8. The van der Waals surface area contributed by atoms with Crippen molar-refractivity contribution in [2.24, 2.45) is 5.92 Å². The van der Waals surface area contributed by atoms with Gasteiger partial charge in [-0.2, -0.15) is 0 Å². The number of carbonyl (C=O) groups excluding carboxylic acids is 1. The summed E-state index contributed by atoms with van der Waals surface area (Å²) in [5.41, 5.74) is 1.09. The molecule has 4 nitrogen and oxygen atoms in total. The number of cyclic esters (lactones) is 1. The van der Waals surface area contributed by atoms with Crippen LogP contribution in [0.2, 0.25) is 0 Å². The number of nitrogens with zero attached hydrogens (tertiary/aromatic N) is 1. The van der Waals surface area contributed by atoms with Gasteiger partial charge in [0, 0.05) is 18.4 Å². The van der Waals surface area contributed by atoms with Crippen molar-refractivity contribution in [3.8, 4) is 0 Å². The van der Waals surface area contributed by atoms with Crippen molar-refractivity contribution >= 4 is 6.09 Å². The molecule has 0 aromatic heterocycles. The van der Waals surface area contributed by atoms with Crippen LogP contribution in [0.3, 0.4) is 0 Å². The minimum absolute atomic E-state index is 0.0792. The van der Waals surface area contributed by atoms with Gasteiger partial charge in [-0.25, -0.2) is 4.79 Å². The number of ether oxygens (including phenoxy) is 1. The Morgan fingerprint density at radius 2 is 1.69 bits per heavy atom. The summed E-state index contributed by atoms with van der Waals surface area (Å²) < 4.78 is 5.81. The zero-order valence-electron chi connectivity index (χ0n) is 14.8. The molecule has 26 heavy (non-hydrogen) atoms. The number of rotatable bonds is 4. The lowest BCUT2D eigenvalue weighted by atomic mass is 9.65. The summed E-state index contributed by atoms with van der Waals surface area (Å²) in [6, 6.07) is 19.5. The minimum atomic E-state index is -0.920. The van der Waals surface area contributed by atoms with E-state index in [1.54, 1.807) is 6.08 Å². The standard InChI is InChI=1S/C22H23NO3/c1-3-22(25)14-18(15(22)2)23-19(16-10-6-4-7-11-16)20(26-21(23)24)17-12-8-5-9-13-17/h3-13,15,18-20,25H,1,14H2,2H3/t15-,18+,19+,20-,22-/m1/s1. The van der Waals surface area contributed by atoms with Crippen LogP contribution in [0, 0.1) is 5.92 Å². The van der Waals surface area contributed by atoms with Gasteiger partial charge in [0.2, 0.25) is 0 Å². The van der Waals surface area contributed by atoms with Crippen LogP contribution < -0.4 is 0 Å². The zero-order chi connectivity index (χ0) is 18.3. The summed E-state index contributed by atoms with van der Waals surface area (Å²) in [5, 5.41) is 10.5. The highest BCUT2D eigenvalue weighted by Crippen LogP contribution is 2.51. The molecule has 1 heterocycles. The van der Waals surface area contributed by atoms with Crippen LogP contribution in [0.25, 0.3) is 0 Å². The first-order chi connectivity index (χ1) is 12.5. The molecule has 1 saturated heterocycles. The molecule has 0 radical (unpaired) electrons. The van der Waals surface area contributed by atoms with Gasteiger partial charge in [0.15, 0.2) is 6.10 Å². The van der Waals surface area contributed by atoms with Crippen LogP contribution in [-0.4, -0.2) is 27.7 Å². The molecule has 1 aliphatic carbocycles. The molecule has 4 rings (SSSR count). The largest absolute Gasteiger partial charge is 0.439 e. The third-order valence-electron chi connectivity index (χ3n) is 5.91. The fourth-order valence-electron chi connectivity index (χ4n) is 4.19. The molecule has 0 unspecified atom stereocenters. The number of hydrogen-bond donors (Lipinski definition) is 1. The third kappa shape index (κ3) is 2.53. The Kier molecular flexibility index (Phi) is 4.08. The van der Waals surface area contributed by atoms with Gasteiger partial charge in [0.25, 0.3) is 0 Å². The molecule has 2 aliphatic rings. The molecule has 0 bridgehead atoms. The van der Waals surface area contributed by atoms with E-state index in [0.29, 0.717) is 6.42 Å². The smallest absolute Gasteiger partial charge is 0.411 e. The molecule has 4 heteroatoms. The molecular weight excluding hydrogens is 326 g/mol. The number of benzene rings is 2. The Balaban J connectivity index is 1.73. The summed E-state index contributed by atoms with van der Waals surface area (Å²) in [6.07, 6.45) is 1.38. The first kappa shape index (κ1) is 16.9. The van der Waals surface area contributed by atoms with Crippen LogP contribution in [0.5, 0.6) is 0 Å². The minimum Gasteiger partial charge on any atom is -0.439 e. The topological polar surface area (TPSA) is 49.8 Å². The molecular formula is C22H23NO3. The summed E-state index contributed by atoms with van der Waals surface area (Å²) in [6.45, 7) is 5.70. The lowest BCUT2D eigenvalue weighted by Crippen LogP contribution is -2.62. The number of amides is 1. The van der Waals surface area contributed by atoms with Crippen molar-refractivity contribution in [3.63, 3.8) is 0 Å². The summed E-state index contributed by atoms with van der Waals surface area (Å²) >= 11 is 0. The highest BCUT2D eigenvalue weighted by atomic mass is 16.6. The fourth-order valence-corrected chi connectivity index (χ4v) is 4.19. The lowest BCUT2D eigenvalue weighted by molar-refractivity contribution is -0.104. The summed E-state index contributed by atoms with van der Waals surface area (Å²) in [4.78, 5) is 14.6. The van der Waals surface area contributed by atoms with E-state index in [1.807, 2.05) is 72.5 Å². The van der Waals surface area contributed by atoms with Gasteiger partial charge in [0.05, 0.1) is 5.60 Å². The van der Waals surface area contributed by atoms with E-state index in [-0.39, 0.29) is 30.2 Å². The molecule has 1 saturated carbocycles. The number of aliphatic hydroxyl groups is 1. The van der Waals surface area contributed by atoms with Crippen molar-refractivity contribution in [3.05, 3.63) is 84.4 Å². The maximum Gasteiger partial charge on any atom is 0.411 e. The summed E-state index contributed by atoms with van der Waals surface area (Å²) in [7, 11) is 0. The summed E-state index contributed by atoms with van der Waals surface area (Å²) in [5.74, 6) is -0.0896. The second kappa shape index (κ2) is 6.29. The van der Waals surface area contributed by atoms with Gasteiger partial charge in [0.1, 0.15) is 6.04 Å². The quantitative estimate of drug-likeness (QED) is 0.840. The van der Waals surface area contributed by atoms with Crippen molar-refractivity contribution in [1.82, 2.24) is 4.90 Å². The van der Waals surface area contributed by atoms with Crippen molar-refractivity contribution in [1.29, 1.82) is 0 Å². The predicted octanol–water partition coefficient (Wildman–Crippen LogP) is 4.25. The molecule has 134 valence electrons. The van der Waals surface area contributed by atoms with Crippen LogP contribution >= 0.6 is 0 Å². The maximum absolute atomic E-state index is 12.8. The highest BCUT2D eigenvalue weighted by Gasteiger charge is 2.57.